The van der Waals surface area contributed by atoms with E-state index in [1.807, 2.05) is 6.92 Å². The molecule has 3 nitrogen and oxygen atoms in total. The molecule has 13 heavy (non-hydrogen) atoms. The van der Waals surface area contributed by atoms with E-state index in [1.54, 1.807) is 0 Å². The number of carbonyl (C=O) groups excluding carboxylic acids is 1. The van der Waals surface area contributed by atoms with Crippen LogP contribution in [0.15, 0.2) is 0 Å². The molecule has 2 fully saturated rings. The Morgan fingerprint density at radius 3 is 2.46 bits per heavy atom. The van der Waals surface area contributed by atoms with E-state index in [-0.39, 0.29) is 11.6 Å². The number of methoxy groups -OCH3 is 1. The topological polar surface area (TPSA) is 38.8 Å². The van der Waals surface area contributed by atoms with E-state index in [0.717, 1.165) is 12.8 Å². The van der Waals surface area contributed by atoms with E-state index in [1.165, 1.54) is 26.4 Å². The molecule has 1 spiro atoms. The number of hydrogen-bond donors (Lipinski definition) is 0. The van der Waals surface area contributed by atoms with Gasteiger partial charge in [0.1, 0.15) is 5.60 Å². The fraction of sp³-hybridized carbons (Fsp3) is 0.900. The summed E-state index contributed by atoms with van der Waals surface area (Å²) in [6.45, 7) is 1.85. The molecule has 0 radical (unpaired) electrons. The first kappa shape index (κ1) is 9.00. The Balaban J connectivity index is 2.09. The summed E-state index contributed by atoms with van der Waals surface area (Å²) >= 11 is 0. The van der Waals surface area contributed by atoms with Crippen molar-refractivity contribution in [3.8, 4) is 0 Å². The van der Waals surface area contributed by atoms with E-state index >= 15 is 0 Å². The van der Waals surface area contributed by atoms with Gasteiger partial charge in [-0.15, -0.1) is 0 Å². The zero-order chi connectivity index (χ0) is 9.53. The molecule has 1 heterocycles. The highest BCUT2D eigenvalue weighted by molar-refractivity contribution is 5.84. The van der Waals surface area contributed by atoms with E-state index in [9.17, 15) is 4.79 Å². The van der Waals surface area contributed by atoms with Gasteiger partial charge in [-0.3, -0.25) is 0 Å². The third-order valence-electron chi connectivity index (χ3n) is 3.46. The van der Waals surface area contributed by atoms with Crippen LogP contribution in [-0.2, 0) is 14.3 Å². The van der Waals surface area contributed by atoms with Crippen LogP contribution in [-0.4, -0.2) is 24.3 Å². The van der Waals surface area contributed by atoms with Gasteiger partial charge in [-0.1, -0.05) is 19.3 Å². The van der Waals surface area contributed by atoms with Crippen molar-refractivity contribution >= 4 is 5.97 Å². The molecule has 0 aromatic heterocycles. The van der Waals surface area contributed by atoms with E-state index in [2.05, 4.69) is 0 Å². The van der Waals surface area contributed by atoms with Gasteiger partial charge in [0.15, 0.2) is 5.60 Å². The predicted octanol–water partition coefficient (Wildman–Crippen LogP) is 1.65. The largest absolute Gasteiger partial charge is 0.467 e. The zero-order valence-electron chi connectivity index (χ0n) is 8.26. The second-order valence-electron chi connectivity index (χ2n) is 4.18. The van der Waals surface area contributed by atoms with Gasteiger partial charge in [-0.2, -0.15) is 0 Å². The van der Waals surface area contributed by atoms with Gasteiger partial charge in [0.25, 0.3) is 0 Å². The predicted molar refractivity (Wildman–Crippen MR) is 47.3 cm³/mol. The van der Waals surface area contributed by atoms with Crippen molar-refractivity contribution < 1.29 is 14.3 Å². The lowest BCUT2D eigenvalue weighted by molar-refractivity contribution is -0.146. The third kappa shape index (κ3) is 1.10. The lowest BCUT2D eigenvalue weighted by Gasteiger charge is -2.20. The van der Waals surface area contributed by atoms with Crippen LogP contribution in [0.1, 0.15) is 39.0 Å². The van der Waals surface area contributed by atoms with Gasteiger partial charge in [0.2, 0.25) is 0 Å². The van der Waals surface area contributed by atoms with Crippen molar-refractivity contribution in [2.45, 2.75) is 50.2 Å². The summed E-state index contributed by atoms with van der Waals surface area (Å²) in [5.41, 5.74) is -0.805. The van der Waals surface area contributed by atoms with Crippen molar-refractivity contribution in [3.05, 3.63) is 0 Å². The van der Waals surface area contributed by atoms with Crippen LogP contribution < -0.4 is 0 Å². The van der Waals surface area contributed by atoms with Crippen LogP contribution >= 0.6 is 0 Å². The summed E-state index contributed by atoms with van der Waals surface area (Å²) in [4.78, 5) is 11.4. The molecule has 1 saturated heterocycles. The monoisotopic (exact) mass is 184 g/mol. The van der Waals surface area contributed by atoms with Gasteiger partial charge in [-0.05, 0) is 19.8 Å². The van der Waals surface area contributed by atoms with E-state index in [4.69, 9.17) is 9.47 Å². The van der Waals surface area contributed by atoms with E-state index in [0.29, 0.717) is 0 Å². The van der Waals surface area contributed by atoms with E-state index < -0.39 is 5.60 Å². The first-order chi connectivity index (χ1) is 6.15. The molecule has 1 unspecified atom stereocenters. The molecule has 74 valence electrons. The van der Waals surface area contributed by atoms with Crippen molar-refractivity contribution in [3.63, 3.8) is 0 Å². The average Bonchev–Trinajstić information content (AvgIpc) is 2.72. The molecular formula is C10H16O3. The smallest absolute Gasteiger partial charge is 0.340 e. The molecule has 2 rings (SSSR count). The van der Waals surface area contributed by atoms with Crippen LogP contribution in [0.2, 0.25) is 0 Å². The molecule has 0 N–H and O–H groups in total. The minimum Gasteiger partial charge on any atom is -0.467 e. The molecule has 0 bridgehead atoms. The van der Waals surface area contributed by atoms with Crippen molar-refractivity contribution in [1.29, 1.82) is 0 Å². The number of carbonyl (C=O) groups is 1. The minimum absolute atomic E-state index is 0.168. The highest BCUT2D eigenvalue weighted by Gasteiger charge is 2.71. The number of epoxide rings is 1. The van der Waals surface area contributed by atoms with Crippen LogP contribution in [0.3, 0.4) is 0 Å². The summed E-state index contributed by atoms with van der Waals surface area (Å²) in [6.07, 6.45) is 5.64. The zero-order valence-corrected chi connectivity index (χ0v) is 8.26. The molecule has 1 atom stereocenters. The molecule has 1 aliphatic heterocycles. The minimum atomic E-state index is -0.637. The van der Waals surface area contributed by atoms with Gasteiger partial charge in [-0.25, -0.2) is 4.79 Å². The normalized spacial score (nSPS) is 35.8. The van der Waals surface area contributed by atoms with Gasteiger partial charge >= 0.3 is 5.97 Å². The highest BCUT2D eigenvalue weighted by atomic mass is 16.7. The SMILES string of the molecule is COC(=O)C1(C)OC12CCCCC2. The Kier molecular flexibility index (Phi) is 1.88. The third-order valence-corrected chi connectivity index (χ3v) is 3.46. The molecule has 3 heteroatoms. The van der Waals surface area contributed by atoms with Crippen LogP contribution in [0.4, 0.5) is 0 Å². The molecule has 0 amide bonds. The second kappa shape index (κ2) is 2.71. The number of hydrogen-bond acceptors (Lipinski definition) is 3. The maximum atomic E-state index is 11.4. The number of esters is 1. The first-order valence-electron chi connectivity index (χ1n) is 4.93. The Labute approximate surface area is 78.4 Å². The van der Waals surface area contributed by atoms with Gasteiger partial charge in [0.05, 0.1) is 7.11 Å². The first-order valence-corrected chi connectivity index (χ1v) is 4.93. The fourth-order valence-corrected chi connectivity index (χ4v) is 2.49. The maximum absolute atomic E-state index is 11.4. The molecule has 1 saturated carbocycles. The fourth-order valence-electron chi connectivity index (χ4n) is 2.49. The molecule has 0 aromatic rings. The summed E-state index contributed by atoms with van der Waals surface area (Å²) in [5, 5.41) is 0. The molecule has 1 aliphatic carbocycles. The lowest BCUT2D eigenvalue weighted by atomic mass is 9.81. The summed E-state index contributed by atoms with van der Waals surface area (Å²) in [6, 6.07) is 0. The summed E-state index contributed by atoms with van der Waals surface area (Å²) in [7, 11) is 1.42. The molecular weight excluding hydrogens is 168 g/mol. The van der Waals surface area contributed by atoms with Crippen LogP contribution in [0.25, 0.3) is 0 Å². The Morgan fingerprint density at radius 2 is 1.92 bits per heavy atom. The second-order valence-corrected chi connectivity index (χ2v) is 4.18. The molecule has 0 aromatic carbocycles. The summed E-state index contributed by atoms with van der Waals surface area (Å²) in [5.74, 6) is -0.214. The number of ether oxygens (including phenoxy) is 2. The Hall–Kier alpha value is -0.570. The highest BCUT2D eigenvalue weighted by Crippen LogP contribution is 2.56. The standard InChI is InChI=1S/C10H16O3/c1-9(8(11)12-2)10(13-9)6-4-3-5-7-10/h3-7H2,1-2H3. The van der Waals surface area contributed by atoms with Crippen LogP contribution in [0, 0.1) is 0 Å². The van der Waals surface area contributed by atoms with Gasteiger partial charge in [0, 0.05) is 0 Å². The van der Waals surface area contributed by atoms with Crippen LogP contribution in [0.5, 0.6) is 0 Å². The lowest BCUT2D eigenvalue weighted by Crippen LogP contribution is -2.33. The van der Waals surface area contributed by atoms with Gasteiger partial charge < -0.3 is 9.47 Å². The maximum Gasteiger partial charge on any atom is 0.340 e. The molecule has 2 aliphatic rings. The Bertz CT molecular complexity index is 230. The number of rotatable bonds is 1. The Morgan fingerprint density at radius 1 is 1.31 bits per heavy atom. The van der Waals surface area contributed by atoms with Crippen molar-refractivity contribution in [2.24, 2.45) is 0 Å². The van der Waals surface area contributed by atoms with Crippen molar-refractivity contribution in [2.75, 3.05) is 7.11 Å². The average molecular weight is 184 g/mol. The van der Waals surface area contributed by atoms with Crippen molar-refractivity contribution in [1.82, 2.24) is 0 Å². The summed E-state index contributed by atoms with van der Waals surface area (Å²) < 4.78 is 10.4. The quantitative estimate of drug-likeness (QED) is 0.459.